The molecule has 148 valence electrons. The Morgan fingerprint density at radius 1 is 1.17 bits per heavy atom. The Labute approximate surface area is 175 Å². The van der Waals surface area contributed by atoms with Gasteiger partial charge in [-0.3, -0.25) is 9.78 Å². The van der Waals surface area contributed by atoms with Gasteiger partial charge in [0.25, 0.3) is 0 Å². The lowest BCUT2D eigenvalue weighted by atomic mass is 9.97. The Balaban J connectivity index is 1.64. The maximum Gasteiger partial charge on any atom is 0.244 e. The molecule has 2 aromatic heterocycles. The number of carbonyl (C=O) groups excluding carboxylic acids is 1. The molecule has 1 aliphatic heterocycles. The number of carbonyl (C=O) groups is 1. The van der Waals surface area contributed by atoms with E-state index in [9.17, 15) is 4.79 Å². The van der Waals surface area contributed by atoms with E-state index in [0.29, 0.717) is 5.11 Å². The number of anilines is 1. The maximum atomic E-state index is 12.8. The number of H-pyrrole nitrogens is 1. The Bertz CT molecular complexity index is 1020. The molecule has 0 aliphatic carbocycles. The number of aromatic amines is 1. The van der Waals surface area contributed by atoms with Crippen LogP contribution < -0.4 is 10.6 Å². The number of rotatable bonds is 5. The Morgan fingerprint density at radius 2 is 1.93 bits per heavy atom. The van der Waals surface area contributed by atoms with Crippen LogP contribution in [-0.4, -0.2) is 32.4 Å². The van der Waals surface area contributed by atoms with Crippen molar-refractivity contribution in [2.75, 3.05) is 11.9 Å². The fourth-order valence-corrected chi connectivity index (χ4v) is 4.15. The van der Waals surface area contributed by atoms with Gasteiger partial charge < -0.3 is 20.5 Å². The zero-order valence-corrected chi connectivity index (χ0v) is 17.2. The molecule has 1 saturated heterocycles. The molecule has 2 unspecified atom stereocenters. The van der Waals surface area contributed by atoms with Crippen molar-refractivity contribution in [3.8, 4) is 0 Å². The first-order chi connectivity index (χ1) is 14.0. The van der Waals surface area contributed by atoms with Gasteiger partial charge in [-0.2, -0.15) is 0 Å². The number of thiocarbonyl (C=S) groups is 1. The smallest absolute Gasteiger partial charge is 0.244 e. The van der Waals surface area contributed by atoms with Gasteiger partial charge in [-0.25, -0.2) is 0 Å². The number of nitrogens with zero attached hydrogens (tertiary/aromatic N) is 2. The summed E-state index contributed by atoms with van der Waals surface area (Å²) < 4.78 is 0. The third kappa shape index (κ3) is 4.00. The van der Waals surface area contributed by atoms with Crippen LogP contribution in [0.1, 0.15) is 34.7 Å². The minimum absolute atomic E-state index is 0.114. The van der Waals surface area contributed by atoms with E-state index < -0.39 is 0 Å². The first-order valence-electron chi connectivity index (χ1n) is 9.52. The molecule has 1 amide bonds. The van der Waals surface area contributed by atoms with Gasteiger partial charge in [-0.05, 0) is 62.0 Å². The van der Waals surface area contributed by atoms with Gasteiger partial charge in [-0.15, -0.1) is 0 Å². The molecule has 0 bridgehead atoms. The first-order valence-corrected chi connectivity index (χ1v) is 9.93. The number of aromatic nitrogens is 2. The lowest BCUT2D eigenvalue weighted by Gasteiger charge is -2.27. The van der Waals surface area contributed by atoms with Crippen molar-refractivity contribution in [3.05, 3.63) is 83.4 Å². The van der Waals surface area contributed by atoms with Gasteiger partial charge in [0.15, 0.2) is 5.11 Å². The predicted molar refractivity (Wildman–Crippen MR) is 117 cm³/mol. The molecule has 29 heavy (non-hydrogen) atoms. The molecule has 2 atom stereocenters. The van der Waals surface area contributed by atoms with E-state index in [1.54, 1.807) is 6.20 Å². The number of benzene rings is 1. The second kappa shape index (κ2) is 8.05. The average molecular weight is 406 g/mol. The second-order valence-corrected chi connectivity index (χ2v) is 7.59. The van der Waals surface area contributed by atoms with Crippen molar-refractivity contribution >= 4 is 28.9 Å². The molecule has 7 heteroatoms. The van der Waals surface area contributed by atoms with Crippen molar-refractivity contribution in [2.24, 2.45) is 0 Å². The highest BCUT2D eigenvalue weighted by Crippen LogP contribution is 2.39. The number of hydrogen-bond donors (Lipinski definition) is 3. The topological polar surface area (TPSA) is 73.1 Å². The van der Waals surface area contributed by atoms with E-state index in [1.807, 2.05) is 67.3 Å². The summed E-state index contributed by atoms with van der Waals surface area (Å²) in [4.78, 5) is 22.6. The zero-order valence-electron chi connectivity index (χ0n) is 16.3. The van der Waals surface area contributed by atoms with Crippen molar-refractivity contribution in [1.29, 1.82) is 0 Å². The van der Waals surface area contributed by atoms with Gasteiger partial charge >= 0.3 is 0 Å². The molecule has 3 aromatic rings. The molecule has 1 aliphatic rings. The summed E-state index contributed by atoms with van der Waals surface area (Å²) >= 11 is 5.62. The van der Waals surface area contributed by atoms with Gasteiger partial charge in [-0.1, -0.05) is 24.3 Å². The van der Waals surface area contributed by atoms with E-state index in [-0.39, 0.29) is 24.5 Å². The number of nitrogens with one attached hydrogen (secondary N) is 3. The maximum absolute atomic E-state index is 12.8. The van der Waals surface area contributed by atoms with E-state index in [4.69, 9.17) is 12.2 Å². The molecule has 0 saturated carbocycles. The van der Waals surface area contributed by atoms with Crippen molar-refractivity contribution in [3.63, 3.8) is 0 Å². The fraction of sp³-hybridized carbons (Fsp3) is 0.227. The largest absolute Gasteiger partial charge is 0.362 e. The highest BCUT2D eigenvalue weighted by Gasteiger charge is 2.41. The number of amides is 1. The summed E-state index contributed by atoms with van der Waals surface area (Å²) in [6, 6.07) is 17.1. The van der Waals surface area contributed by atoms with Crippen molar-refractivity contribution in [1.82, 2.24) is 20.2 Å². The summed E-state index contributed by atoms with van der Waals surface area (Å²) in [5.41, 5.74) is 4.90. The predicted octanol–water partition coefficient (Wildman–Crippen LogP) is 3.64. The van der Waals surface area contributed by atoms with Crippen LogP contribution in [0.5, 0.6) is 0 Å². The Kier molecular flexibility index (Phi) is 5.31. The Hall–Kier alpha value is -3.19. The number of para-hydroxylation sites is 1. The van der Waals surface area contributed by atoms with Gasteiger partial charge in [0.2, 0.25) is 5.91 Å². The Morgan fingerprint density at radius 3 is 2.59 bits per heavy atom. The van der Waals surface area contributed by atoms with Crippen LogP contribution in [0.4, 0.5) is 5.69 Å². The summed E-state index contributed by atoms with van der Waals surface area (Å²) in [6.45, 7) is 4.22. The second-order valence-electron chi connectivity index (χ2n) is 7.20. The summed E-state index contributed by atoms with van der Waals surface area (Å²) in [5, 5.41) is 6.87. The van der Waals surface area contributed by atoms with Crippen LogP contribution in [0.25, 0.3) is 0 Å². The highest BCUT2D eigenvalue weighted by atomic mass is 32.1. The molecule has 6 nitrogen and oxygen atoms in total. The summed E-state index contributed by atoms with van der Waals surface area (Å²) in [7, 11) is 0. The fourth-order valence-electron chi connectivity index (χ4n) is 3.84. The molecule has 0 radical (unpaired) electrons. The summed E-state index contributed by atoms with van der Waals surface area (Å²) in [5.74, 6) is -0.114. The molecule has 3 heterocycles. The molecular weight excluding hydrogens is 382 g/mol. The molecule has 1 aromatic carbocycles. The van der Waals surface area contributed by atoms with E-state index in [1.165, 1.54) is 0 Å². The van der Waals surface area contributed by atoms with Crippen LogP contribution in [0.15, 0.2) is 60.8 Å². The lowest BCUT2D eigenvalue weighted by Crippen LogP contribution is -2.37. The van der Waals surface area contributed by atoms with Crippen LogP contribution in [-0.2, 0) is 4.79 Å². The highest BCUT2D eigenvalue weighted by molar-refractivity contribution is 7.80. The molecular formula is C22H23N5OS. The number of pyridine rings is 1. The monoisotopic (exact) mass is 405 g/mol. The van der Waals surface area contributed by atoms with Gasteiger partial charge in [0.05, 0.1) is 17.8 Å². The van der Waals surface area contributed by atoms with Crippen LogP contribution >= 0.6 is 12.2 Å². The van der Waals surface area contributed by atoms with Crippen LogP contribution in [0, 0.1) is 13.8 Å². The van der Waals surface area contributed by atoms with Crippen LogP contribution in [0.3, 0.4) is 0 Å². The van der Waals surface area contributed by atoms with Crippen molar-refractivity contribution in [2.45, 2.75) is 25.9 Å². The summed E-state index contributed by atoms with van der Waals surface area (Å²) in [6.07, 6.45) is 1.77. The molecule has 4 rings (SSSR count). The quantitative estimate of drug-likeness (QED) is 0.565. The molecule has 1 fully saturated rings. The van der Waals surface area contributed by atoms with Crippen LogP contribution in [0.2, 0.25) is 0 Å². The number of aryl methyl sites for hydroxylation is 2. The van der Waals surface area contributed by atoms with E-state index in [2.05, 4.69) is 26.7 Å². The van der Waals surface area contributed by atoms with E-state index in [0.717, 1.165) is 28.3 Å². The zero-order chi connectivity index (χ0) is 20.4. The van der Waals surface area contributed by atoms with Gasteiger partial charge in [0, 0.05) is 23.3 Å². The SMILES string of the molecule is Cc1cc(C2C(c3ccccn3)NC(=S)N2CC(=O)Nc2ccccc2)c(C)[nH]1. The molecule has 0 spiro atoms. The van der Waals surface area contributed by atoms with Gasteiger partial charge in [0.1, 0.15) is 6.54 Å². The minimum atomic E-state index is -0.137. The minimum Gasteiger partial charge on any atom is -0.362 e. The standard InChI is InChI=1S/C22H23N5OS/c1-14-12-17(15(2)24-14)21-20(18-10-6-7-11-23-18)26-22(29)27(21)13-19(28)25-16-8-4-3-5-9-16/h3-12,20-21,24H,13H2,1-2H3,(H,25,28)(H,26,29). The normalized spacial score (nSPS) is 18.6. The average Bonchev–Trinajstić information content (AvgIpc) is 3.21. The van der Waals surface area contributed by atoms with E-state index >= 15 is 0 Å². The third-order valence-electron chi connectivity index (χ3n) is 5.08. The molecule has 3 N–H and O–H groups in total. The van der Waals surface area contributed by atoms with Crippen molar-refractivity contribution < 1.29 is 4.79 Å². The number of hydrogen-bond acceptors (Lipinski definition) is 3. The third-order valence-corrected chi connectivity index (χ3v) is 5.43. The lowest BCUT2D eigenvalue weighted by molar-refractivity contribution is -0.116. The first kappa shape index (κ1) is 19.1.